The van der Waals surface area contributed by atoms with Crippen LogP contribution in [0, 0.1) is 11.8 Å². The number of amides is 1. The summed E-state index contributed by atoms with van der Waals surface area (Å²) in [6.07, 6.45) is -4.46. The van der Waals surface area contributed by atoms with E-state index >= 15 is 0 Å². The number of nitrogens with one attached hydrogen (secondary N) is 1. The van der Waals surface area contributed by atoms with Crippen molar-refractivity contribution in [3.63, 3.8) is 0 Å². The van der Waals surface area contributed by atoms with Crippen LogP contribution in [-0.2, 0) is 14.4 Å². The summed E-state index contributed by atoms with van der Waals surface area (Å²) in [5.41, 5.74) is 0. The third-order valence-corrected chi connectivity index (χ3v) is 3.85. The average Bonchev–Trinajstić information content (AvgIpc) is 2.32. The van der Waals surface area contributed by atoms with Crippen molar-refractivity contribution in [2.24, 2.45) is 11.8 Å². The smallest absolute Gasteiger partial charge is 0.401 e. The van der Waals surface area contributed by atoms with E-state index in [-0.39, 0.29) is 0 Å². The van der Waals surface area contributed by atoms with Crippen molar-refractivity contribution in [1.82, 2.24) is 5.32 Å². The Morgan fingerprint density at radius 2 is 1.81 bits per heavy atom. The average molecular weight is 329 g/mol. The third kappa shape index (κ3) is 6.83. The molecule has 0 saturated carbocycles. The molecule has 0 spiro atoms. The molecule has 0 aromatic rings. The molecule has 3 atom stereocenters. The van der Waals surface area contributed by atoms with Crippen LogP contribution in [0.25, 0.3) is 0 Å². The highest BCUT2D eigenvalue weighted by Gasteiger charge is 2.46. The molecule has 0 aliphatic rings. The zero-order valence-electron chi connectivity index (χ0n) is 11.9. The van der Waals surface area contributed by atoms with E-state index in [2.05, 4.69) is 0 Å². The fraction of sp³-hybridized carbons (Fsp3) is 0.750. The molecule has 0 rings (SSSR count). The Hall–Kier alpha value is -1.25. The number of carboxylic acid groups (broad SMARTS) is 1. The first kappa shape index (κ1) is 19.8. The van der Waals surface area contributed by atoms with E-state index in [0.717, 1.165) is 6.92 Å². The van der Waals surface area contributed by atoms with Crippen LogP contribution in [0.1, 0.15) is 27.2 Å². The fourth-order valence-electron chi connectivity index (χ4n) is 1.46. The summed E-state index contributed by atoms with van der Waals surface area (Å²) in [4.78, 5) is 33.5. The number of carbonyl (C=O) groups is 3. The van der Waals surface area contributed by atoms with E-state index in [1.54, 1.807) is 6.92 Å². The van der Waals surface area contributed by atoms with E-state index < -0.39 is 46.8 Å². The van der Waals surface area contributed by atoms with Crippen molar-refractivity contribution in [2.45, 2.75) is 39.4 Å². The largest absolute Gasteiger partial charge is 0.480 e. The van der Waals surface area contributed by atoms with Crippen molar-refractivity contribution >= 4 is 28.8 Å². The minimum atomic E-state index is -4.84. The number of thioether (sulfide) groups is 1. The van der Waals surface area contributed by atoms with Crippen LogP contribution in [0.3, 0.4) is 0 Å². The first-order valence-corrected chi connectivity index (χ1v) is 7.22. The summed E-state index contributed by atoms with van der Waals surface area (Å²) in [6, 6.07) is -1.39. The van der Waals surface area contributed by atoms with Crippen LogP contribution in [0.4, 0.5) is 13.2 Å². The van der Waals surface area contributed by atoms with Crippen LogP contribution < -0.4 is 5.32 Å². The lowest BCUT2D eigenvalue weighted by Crippen LogP contribution is -2.50. The Kier molecular flexibility index (Phi) is 7.76. The zero-order valence-corrected chi connectivity index (χ0v) is 12.7. The zero-order chi connectivity index (χ0) is 16.8. The van der Waals surface area contributed by atoms with Crippen molar-refractivity contribution in [3.8, 4) is 0 Å². The highest BCUT2D eigenvalue weighted by molar-refractivity contribution is 8.13. The van der Waals surface area contributed by atoms with Gasteiger partial charge in [-0.3, -0.25) is 9.59 Å². The maximum absolute atomic E-state index is 12.8. The molecule has 0 saturated heterocycles. The number of carboxylic acids is 1. The number of hydrogen-bond acceptors (Lipinski definition) is 4. The molecular formula is C12H18F3NO4S. The highest BCUT2D eigenvalue weighted by Crippen LogP contribution is 2.30. The van der Waals surface area contributed by atoms with Crippen LogP contribution >= 0.6 is 11.8 Å². The van der Waals surface area contributed by atoms with Crippen molar-refractivity contribution < 1.29 is 32.7 Å². The number of rotatable bonds is 7. The van der Waals surface area contributed by atoms with Crippen molar-refractivity contribution in [2.75, 3.05) is 5.75 Å². The van der Waals surface area contributed by atoms with Gasteiger partial charge in [-0.1, -0.05) is 32.0 Å². The van der Waals surface area contributed by atoms with Gasteiger partial charge in [0.15, 0.2) is 5.12 Å². The molecule has 0 unspecified atom stereocenters. The van der Waals surface area contributed by atoms with Gasteiger partial charge in [0.05, 0.1) is 0 Å². The predicted molar refractivity (Wildman–Crippen MR) is 71.7 cm³/mol. The highest BCUT2D eigenvalue weighted by atomic mass is 32.2. The Balaban J connectivity index is 5.02. The molecule has 2 N–H and O–H groups in total. The molecule has 9 heteroatoms. The molecule has 0 aromatic carbocycles. The molecule has 1 amide bonds. The van der Waals surface area contributed by atoms with Crippen molar-refractivity contribution in [3.05, 3.63) is 0 Å². The van der Waals surface area contributed by atoms with Gasteiger partial charge >= 0.3 is 12.1 Å². The van der Waals surface area contributed by atoms with E-state index in [9.17, 15) is 27.6 Å². The summed E-state index contributed by atoms with van der Waals surface area (Å²) < 4.78 is 38.5. The molecule has 0 bridgehead atoms. The Bertz CT molecular complexity index is 400. The Morgan fingerprint density at radius 3 is 2.14 bits per heavy atom. The second kappa shape index (κ2) is 8.26. The number of hydrogen-bond donors (Lipinski definition) is 2. The van der Waals surface area contributed by atoms with Crippen molar-refractivity contribution in [1.29, 1.82) is 0 Å². The van der Waals surface area contributed by atoms with Gasteiger partial charge in [0.1, 0.15) is 12.0 Å². The number of halogens is 3. The minimum Gasteiger partial charge on any atom is -0.480 e. The normalized spacial score (nSPS) is 15.9. The number of aliphatic carboxylic acids is 1. The van der Waals surface area contributed by atoms with Gasteiger partial charge in [0.25, 0.3) is 0 Å². The van der Waals surface area contributed by atoms with Gasteiger partial charge in [0, 0.05) is 12.7 Å². The second-order valence-corrected chi connectivity index (χ2v) is 5.80. The van der Waals surface area contributed by atoms with E-state index in [1.807, 2.05) is 5.32 Å². The van der Waals surface area contributed by atoms with Gasteiger partial charge in [-0.2, -0.15) is 13.2 Å². The van der Waals surface area contributed by atoms with E-state index in [4.69, 9.17) is 5.11 Å². The lowest BCUT2D eigenvalue weighted by Gasteiger charge is -2.24. The minimum absolute atomic E-state index is 0.377. The summed E-state index contributed by atoms with van der Waals surface area (Å²) >= 11 is 0.377. The predicted octanol–water partition coefficient (Wildman–Crippen LogP) is 2.06. The SMILES string of the molecule is CC[C@H](C)[C@H](NC(=O)[C@H](CSC(C)=O)C(F)(F)F)C(=O)O. The van der Waals surface area contributed by atoms with Crippen LogP contribution in [0.15, 0.2) is 0 Å². The molecule has 21 heavy (non-hydrogen) atoms. The molecule has 0 aromatic heterocycles. The number of carbonyl (C=O) groups excluding carboxylic acids is 2. The first-order valence-electron chi connectivity index (χ1n) is 6.23. The summed E-state index contributed by atoms with van der Waals surface area (Å²) in [7, 11) is 0. The summed E-state index contributed by atoms with van der Waals surface area (Å²) in [5.74, 6) is -6.52. The molecule has 5 nitrogen and oxygen atoms in total. The topological polar surface area (TPSA) is 83.5 Å². The molecule has 0 fully saturated rings. The third-order valence-electron chi connectivity index (χ3n) is 2.94. The van der Waals surface area contributed by atoms with Gasteiger partial charge in [0.2, 0.25) is 5.91 Å². The number of alkyl halides is 3. The fourth-order valence-corrected chi connectivity index (χ4v) is 2.20. The maximum Gasteiger partial charge on any atom is 0.401 e. The molecule has 122 valence electrons. The Morgan fingerprint density at radius 1 is 1.29 bits per heavy atom. The molecule has 0 heterocycles. The van der Waals surface area contributed by atoms with E-state index in [0.29, 0.717) is 18.2 Å². The summed E-state index contributed by atoms with van der Waals surface area (Å²) in [6.45, 7) is 4.28. The summed E-state index contributed by atoms with van der Waals surface area (Å²) in [5, 5.41) is 10.3. The van der Waals surface area contributed by atoms with Crippen LogP contribution in [-0.4, -0.2) is 40.1 Å². The quantitative estimate of drug-likeness (QED) is 0.747. The molecule has 0 aliphatic heterocycles. The van der Waals surface area contributed by atoms with Crippen LogP contribution in [0.2, 0.25) is 0 Å². The van der Waals surface area contributed by atoms with Gasteiger partial charge in [-0.25, -0.2) is 4.79 Å². The van der Waals surface area contributed by atoms with Crippen LogP contribution in [0.5, 0.6) is 0 Å². The molecular weight excluding hydrogens is 311 g/mol. The van der Waals surface area contributed by atoms with Gasteiger partial charge in [-0.05, 0) is 5.92 Å². The van der Waals surface area contributed by atoms with Gasteiger partial charge < -0.3 is 10.4 Å². The lowest BCUT2D eigenvalue weighted by atomic mass is 9.98. The lowest BCUT2D eigenvalue weighted by molar-refractivity contribution is -0.179. The molecule has 0 radical (unpaired) electrons. The standard InChI is InChI=1S/C12H18F3NO4S/c1-4-6(2)9(11(19)20)16-10(18)8(12(13,14)15)5-21-7(3)17/h6,8-9H,4-5H2,1-3H3,(H,16,18)(H,19,20)/t6-,8-,9-/m0/s1. The maximum atomic E-state index is 12.8. The Labute approximate surface area is 124 Å². The van der Waals surface area contributed by atoms with E-state index in [1.165, 1.54) is 6.92 Å². The first-order chi connectivity index (χ1) is 9.50. The monoisotopic (exact) mass is 329 g/mol. The molecule has 0 aliphatic carbocycles. The second-order valence-electron chi connectivity index (χ2n) is 4.61. The van der Waals surface area contributed by atoms with Gasteiger partial charge in [-0.15, -0.1) is 0 Å².